The summed E-state index contributed by atoms with van der Waals surface area (Å²) in [6.07, 6.45) is 2.55. The number of nitrogens with one attached hydrogen (secondary N) is 1. The van der Waals surface area contributed by atoms with E-state index in [1.165, 1.54) is 18.2 Å². The van der Waals surface area contributed by atoms with E-state index >= 15 is 0 Å². The summed E-state index contributed by atoms with van der Waals surface area (Å²) >= 11 is 12.5. The highest BCUT2D eigenvalue weighted by Gasteiger charge is 2.30. The SMILES string of the molecule is O=C(O[C@@H](Cc1c(Cl)c[n+]([O-])cc1Cl)c1ccc(OC(F)F)c(OCC2CC2)c1)[C@@H]1CNCCO1. The first-order chi connectivity index (χ1) is 16.8. The van der Waals surface area contributed by atoms with Crippen molar-refractivity contribution in [3.63, 3.8) is 0 Å². The number of esters is 1. The van der Waals surface area contributed by atoms with Gasteiger partial charge in [-0.3, -0.25) is 0 Å². The Labute approximate surface area is 210 Å². The number of halogens is 4. The number of hydrogen-bond acceptors (Lipinski definition) is 7. The predicted octanol–water partition coefficient (Wildman–Crippen LogP) is 3.83. The molecule has 2 atom stereocenters. The van der Waals surface area contributed by atoms with Crippen molar-refractivity contribution >= 4 is 29.2 Å². The van der Waals surface area contributed by atoms with Gasteiger partial charge in [0, 0.05) is 25.1 Å². The molecule has 1 saturated heterocycles. The van der Waals surface area contributed by atoms with E-state index in [4.69, 9.17) is 37.4 Å². The summed E-state index contributed by atoms with van der Waals surface area (Å²) in [6.45, 7) is -1.43. The second-order valence-corrected chi connectivity index (χ2v) is 9.14. The number of nitrogens with zero attached hydrogens (tertiary/aromatic N) is 1. The van der Waals surface area contributed by atoms with Crippen LogP contribution < -0.4 is 19.5 Å². The van der Waals surface area contributed by atoms with Gasteiger partial charge in [0.15, 0.2) is 30.0 Å². The molecular formula is C23H24Cl2F2N2O6. The van der Waals surface area contributed by atoms with Gasteiger partial charge in [0.25, 0.3) is 0 Å². The second kappa shape index (κ2) is 11.6. The molecule has 0 radical (unpaired) electrons. The first-order valence-corrected chi connectivity index (χ1v) is 11.9. The topological polar surface area (TPSA) is 93.0 Å². The third-order valence-electron chi connectivity index (χ3n) is 5.62. The van der Waals surface area contributed by atoms with Crippen LogP contribution >= 0.6 is 23.2 Å². The third kappa shape index (κ3) is 7.07. The smallest absolute Gasteiger partial charge is 0.387 e. The number of ether oxygens (including phenoxy) is 4. The zero-order valence-electron chi connectivity index (χ0n) is 18.6. The van der Waals surface area contributed by atoms with Crippen LogP contribution in [0.5, 0.6) is 11.5 Å². The molecule has 1 N–H and O–H groups in total. The van der Waals surface area contributed by atoms with Gasteiger partial charge >= 0.3 is 12.6 Å². The van der Waals surface area contributed by atoms with Gasteiger partial charge in [-0.05, 0) is 36.5 Å². The molecule has 4 rings (SSSR count). The molecule has 35 heavy (non-hydrogen) atoms. The summed E-state index contributed by atoms with van der Waals surface area (Å²) in [5.41, 5.74) is 0.829. The lowest BCUT2D eigenvalue weighted by atomic mass is 10.0. The second-order valence-electron chi connectivity index (χ2n) is 8.32. The minimum Gasteiger partial charge on any atom is -0.619 e. The van der Waals surface area contributed by atoms with E-state index in [1.807, 2.05) is 0 Å². The largest absolute Gasteiger partial charge is 0.619 e. The molecule has 0 bridgehead atoms. The molecule has 12 heteroatoms. The lowest BCUT2D eigenvalue weighted by molar-refractivity contribution is -0.605. The Balaban J connectivity index is 1.64. The molecule has 2 heterocycles. The number of rotatable bonds is 10. The van der Waals surface area contributed by atoms with Crippen molar-refractivity contribution in [2.24, 2.45) is 5.92 Å². The van der Waals surface area contributed by atoms with Crippen LogP contribution in [0.1, 0.15) is 30.1 Å². The molecule has 8 nitrogen and oxygen atoms in total. The molecule has 1 aliphatic heterocycles. The quantitative estimate of drug-likeness (QED) is 0.282. The fourth-order valence-corrected chi connectivity index (χ4v) is 4.19. The maximum Gasteiger partial charge on any atom is 0.387 e. The number of benzene rings is 1. The molecule has 1 aliphatic carbocycles. The van der Waals surface area contributed by atoms with Gasteiger partial charge in [-0.1, -0.05) is 29.3 Å². The molecule has 2 aliphatic rings. The highest BCUT2D eigenvalue weighted by Crippen LogP contribution is 2.38. The molecule has 0 amide bonds. The number of pyridine rings is 1. The van der Waals surface area contributed by atoms with Crippen molar-refractivity contribution in [3.05, 3.63) is 57.0 Å². The summed E-state index contributed by atoms with van der Waals surface area (Å²) in [7, 11) is 0. The first kappa shape index (κ1) is 25.7. The lowest BCUT2D eigenvalue weighted by Gasteiger charge is -2.26. The number of morpholine rings is 1. The van der Waals surface area contributed by atoms with E-state index in [1.54, 1.807) is 0 Å². The van der Waals surface area contributed by atoms with Crippen molar-refractivity contribution in [3.8, 4) is 11.5 Å². The number of carbonyl (C=O) groups is 1. The van der Waals surface area contributed by atoms with Crippen LogP contribution in [0.3, 0.4) is 0 Å². The van der Waals surface area contributed by atoms with Gasteiger partial charge in [0.1, 0.15) is 16.1 Å². The summed E-state index contributed by atoms with van der Waals surface area (Å²) in [4.78, 5) is 12.9. The van der Waals surface area contributed by atoms with E-state index in [2.05, 4.69) is 10.1 Å². The summed E-state index contributed by atoms with van der Waals surface area (Å²) in [5.74, 6) is -0.271. The molecule has 1 aromatic carbocycles. The van der Waals surface area contributed by atoms with E-state index in [-0.39, 0.29) is 34.5 Å². The van der Waals surface area contributed by atoms with Crippen LogP contribution in [0, 0.1) is 11.1 Å². The molecule has 2 aromatic rings. The van der Waals surface area contributed by atoms with Gasteiger partial charge in [-0.25, -0.2) is 4.79 Å². The molecule has 0 spiro atoms. The Bertz CT molecular complexity index is 1030. The van der Waals surface area contributed by atoms with Crippen molar-refractivity contribution < 1.29 is 37.3 Å². The zero-order chi connectivity index (χ0) is 24.9. The van der Waals surface area contributed by atoms with Gasteiger partial charge < -0.3 is 29.5 Å². The average molecular weight is 533 g/mol. The van der Waals surface area contributed by atoms with Crippen molar-refractivity contribution in [2.45, 2.75) is 38.1 Å². The predicted molar refractivity (Wildman–Crippen MR) is 122 cm³/mol. The maximum absolute atomic E-state index is 12.9. The Kier molecular flexibility index (Phi) is 8.48. The molecule has 1 saturated carbocycles. The van der Waals surface area contributed by atoms with Crippen molar-refractivity contribution in [2.75, 3.05) is 26.3 Å². The fourth-order valence-electron chi connectivity index (χ4n) is 3.59. The van der Waals surface area contributed by atoms with Crippen LogP contribution in [0.25, 0.3) is 0 Å². The number of hydrogen-bond donors (Lipinski definition) is 1. The van der Waals surface area contributed by atoms with E-state index in [0.717, 1.165) is 25.2 Å². The summed E-state index contributed by atoms with van der Waals surface area (Å²) in [5, 5.41) is 14.9. The highest BCUT2D eigenvalue weighted by atomic mass is 35.5. The highest BCUT2D eigenvalue weighted by molar-refractivity contribution is 6.35. The number of aromatic nitrogens is 1. The third-order valence-corrected chi connectivity index (χ3v) is 6.27. The minimum atomic E-state index is -3.03. The van der Waals surface area contributed by atoms with Gasteiger partial charge in [-0.15, -0.1) is 0 Å². The Morgan fingerprint density at radius 3 is 2.60 bits per heavy atom. The monoisotopic (exact) mass is 532 g/mol. The van der Waals surface area contributed by atoms with Crippen LogP contribution in [-0.2, 0) is 20.7 Å². The molecule has 190 valence electrons. The number of alkyl halides is 2. The summed E-state index contributed by atoms with van der Waals surface area (Å²) in [6, 6.07) is 4.33. The average Bonchev–Trinajstić information content (AvgIpc) is 3.64. The molecule has 1 aromatic heterocycles. The Morgan fingerprint density at radius 1 is 1.23 bits per heavy atom. The molecule has 0 unspecified atom stereocenters. The molecule has 2 fully saturated rings. The first-order valence-electron chi connectivity index (χ1n) is 11.1. The maximum atomic E-state index is 12.9. The van der Waals surface area contributed by atoms with Crippen LogP contribution in [-0.4, -0.2) is 45.0 Å². The Hall–Kier alpha value is -2.40. The summed E-state index contributed by atoms with van der Waals surface area (Å²) < 4.78 is 48.0. The number of carbonyl (C=O) groups excluding carboxylic acids is 1. The standard InChI is InChI=1S/C23H24Cl2F2N2O6/c24-16-10-29(31)11-17(25)15(16)8-19(34-22(30)21-9-28-5-6-32-21)14-3-4-18(35-23(26)27)20(7-14)33-12-13-1-2-13/h3-4,7,10-11,13,19,21,23,28H,1-2,5-6,8-9,12H2/t19-,21-/m0/s1. The van der Waals surface area contributed by atoms with Crippen molar-refractivity contribution in [1.29, 1.82) is 0 Å². The van der Waals surface area contributed by atoms with Gasteiger partial charge in [0.2, 0.25) is 0 Å². The lowest BCUT2D eigenvalue weighted by Crippen LogP contribution is -2.44. The van der Waals surface area contributed by atoms with E-state index in [0.29, 0.717) is 41.5 Å². The fraction of sp³-hybridized carbons (Fsp3) is 0.478. The van der Waals surface area contributed by atoms with Crippen LogP contribution in [0.2, 0.25) is 10.0 Å². The Morgan fingerprint density at radius 2 is 1.97 bits per heavy atom. The normalized spacial score (nSPS) is 18.8. The van der Waals surface area contributed by atoms with Crippen LogP contribution in [0.15, 0.2) is 30.6 Å². The molecular weight excluding hydrogens is 509 g/mol. The van der Waals surface area contributed by atoms with Gasteiger partial charge in [-0.2, -0.15) is 13.5 Å². The minimum absolute atomic E-state index is 0.0154. The zero-order valence-corrected chi connectivity index (χ0v) is 20.1. The van der Waals surface area contributed by atoms with Gasteiger partial charge in [0.05, 0.1) is 13.2 Å². The van der Waals surface area contributed by atoms with Crippen LogP contribution in [0.4, 0.5) is 8.78 Å². The van der Waals surface area contributed by atoms with E-state index < -0.39 is 24.8 Å². The van der Waals surface area contributed by atoms with E-state index in [9.17, 15) is 18.8 Å². The van der Waals surface area contributed by atoms with Crippen molar-refractivity contribution in [1.82, 2.24) is 5.32 Å².